The van der Waals surface area contributed by atoms with Crippen molar-refractivity contribution in [2.24, 2.45) is 11.7 Å². The number of benzene rings is 1. The molecular weight excluding hydrogens is 278 g/mol. The Bertz CT molecular complexity index is 547. The number of rotatable bonds is 2. The molecule has 2 amide bonds. The number of piperidine rings is 1. The first-order valence-electron chi connectivity index (χ1n) is 6.56. The Hall–Kier alpha value is -1.75. The molecule has 1 saturated heterocycles. The van der Waals surface area contributed by atoms with Crippen LogP contribution in [0.5, 0.6) is 0 Å². The maximum Gasteiger partial charge on any atom is 0.255 e. The van der Waals surface area contributed by atoms with Crippen LogP contribution in [0.2, 0.25) is 5.02 Å². The van der Waals surface area contributed by atoms with E-state index in [2.05, 4.69) is 0 Å². The molecule has 0 bridgehead atoms. The third-order valence-electron chi connectivity index (χ3n) is 3.80. The van der Waals surface area contributed by atoms with Gasteiger partial charge in [0.25, 0.3) is 5.91 Å². The van der Waals surface area contributed by atoms with Crippen molar-refractivity contribution < 1.29 is 9.59 Å². The Morgan fingerprint density at radius 1 is 1.35 bits per heavy atom. The molecule has 1 aromatic carbocycles. The average Bonchev–Trinajstić information content (AvgIpc) is 2.41. The van der Waals surface area contributed by atoms with E-state index in [4.69, 9.17) is 23.1 Å². The normalized spacial score (nSPS) is 22.6. The zero-order chi connectivity index (χ0) is 14.9. The first-order chi connectivity index (χ1) is 9.41. The molecule has 0 saturated carbocycles. The van der Waals surface area contributed by atoms with Crippen molar-refractivity contribution in [2.75, 3.05) is 12.3 Å². The molecule has 2 unspecified atom stereocenters. The van der Waals surface area contributed by atoms with Gasteiger partial charge < -0.3 is 16.4 Å². The number of nitrogen functional groups attached to an aromatic ring is 1. The highest BCUT2D eigenvalue weighted by Gasteiger charge is 2.32. The number of nitrogens with zero attached hydrogens (tertiary/aromatic N) is 1. The average molecular weight is 296 g/mol. The lowest BCUT2D eigenvalue weighted by Crippen LogP contribution is -2.48. The van der Waals surface area contributed by atoms with Gasteiger partial charge in [0.05, 0.1) is 22.2 Å². The monoisotopic (exact) mass is 295 g/mol. The number of anilines is 1. The van der Waals surface area contributed by atoms with Crippen molar-refractivity contribution in [3.8, 4) is 0 Å². The smallest absolute Gasteiger partial charge is 0.255 e. The highest BCUT2D eigenvalue weighted by Crippen LogP contribution is 2.28. The fraction of sp³-hybridized carbons (Fsp3) is 0.429. The highest BCUT2D eigenvalue weighted by molar-refractivity contribution is 6.36. The number of hydrogen-bond donors (Lipinski definition) is 2. The lowest BCUT2D eigenvalue weighted by atomic mass is 9.92. The fourth-order valence-electron chi connectivity index (χ4n) is 2.49. The van der Waals surface area contributed by atoms with Gasteiger partial charge in [-0.1, -0.05) is 17.7 Å². The lowest BCUT2D eigenvalue weighted by molar-refractivity contribution is -0.123. The van der Waals surface area contributed by atoms with E-state index >= 15 is 0 Å². The summed E-state index contributed by atoms with van der Waals surface area (Å²) in [6.45, 7) is 2.29. The van der Waals surface area contributed by atoms with Crippen molar-refractivity contribution in [3.63, 3.8) is 0 Å². The lowest BCUT2D eigenvalue weighted by Gasteiger charge is -2.37. The van der Waals surface area contributed by atoms with Gasteiger partial charge in [-0.15, -0.1) is 0 Å². The molecule has 0 aromatic heterocycles. The van der Waals surface area contributed by atoms with E-state index in [1.165, 1.54) is 0 Å². The van der Waals surface area contributed by atoms with Crippen LogP contribution < -0.4 is 11.5 Å². The van der Waals surface area contributed by atoms with Crippen LogP contribution >= 0.6 is 11.6 Å². The van der Waals surface area contributed by atoms with Gasteiger partial charge in [0, 0.05) is 12.6 Å². The van der Waals surface area contributed by atoms with Crippen LogP contribution in [-0.4, -0.2) is 29.3 Å². The van der Waals surface area contributed by atoms with Crippen molar-refractivity contribution in [2.45, 2.75) is 25.8 Å². The molecule has 2 rings (SSSR count). The summed E-state index contributed by atoms with van der Waals surface area (Å²) in [5.74, 6) is -0.871. The molecule has 0 aliphatic carbocycles. The first-order valence-corrected chi connectivity index (χ1v) is 6.94. The van der Waals surface area contributed by atoms with Crippen LogP contribution in [0, 0.1) is 5.92 Å². The number of primary amides is 1. The summed E-state index contributed by atoms with van der Waals surface area (Å²) in [7, 11) is 0. The van der Waals surface area contributed by atoms with Crippen LogP contribution in [0.15, 0.2) is 18.2 Å². The summed E-state index contributed by atoms with van der Waals surface area (Å²) >= 11 is 6.09. The summed E-state index contributed by atoms with van der Waals surface area (Å²) in [4.78, 5) is 25.6. The maximum absolute atomic E-state index is 12.6. The predicted molar refractivity (Wildman–Crippen MR) is 78.3 cm³/mol. The molecule has 1 aliphatic heterocycles. The Morgan fingerprint density at radius 3 is 2.70 bits per heavy atom. The zero-order valence-electron chi connectivity index (χ0n) is 11.3. The minimum Gasteiger partial charge on any atom is -0.398 e. The van der Waals surface area contributed by atoms with E-state index in [1.54, 1.807) is 23.1 Å². The van der Waals surface area contributed by atoms with Gasteiger partial charge in [0.2, 0.25) is 5.91 Å². The van der Waals surface area contributed by atoms with Crippen molar-refractivity contribution in [1.29, 1.82) is 0 Å². The molecule has 20 heavy (non-hydrogen) atoms. The molecule has 5 nitrogen and oxygen atoms in total. The minimum absolute atomic E-state index is 0.0515. The quantitative estimate of drug-likeness (QED) is 0.813. The van der Waals surface area contributed by atoms with Gasteiger partial charge in [-0.3, -0.25) is 9.59 Å². The van der Waals surface area contributed by atoms with E-state index < -0.39 is 0 Å². The second-order valence-corrected chi connectivity index (χ2v) is 5.57. The summed E-state index contributed by atoms with van der Waals surface area (Å²) in [6, 6.07) is 5.02. The van der Waals surface area contributed by atoms with Gasteiger partial charge in [0.1, 0.15) is 0 Å². The van der Waals surface area contributed by atoms with E-state index in [0.29, 0.717) is 24.2 Å². The zero-order valence-corrected chi connectivity index (χ0v) is 12.1. The predicted octanol–water partition coefficient (Wildman–Crippen LogP) is 1.65. The van der Waals surface area contributed by atoms with Crippen LogP contribution in [0.25, 0.3) is 0 Å². The Balaban J connectivity index is 2.26. The Kier molecular flexibility index (Phi) is 4.18. The summed E-state index contributed by atoms with van der Waals surface area (Å²) in [5.41, 5.74) is 11.8. The molecule has 4 N–H and O–H groups in total. The van der Waals surface area contributed by atoms with Crippen LogP contribution in [-0.2, 0) is 4.79 Å². The van der Waals surface area contributed by atoms with Gasteiger partial charge in [0.15, 0.2) is 0 Å². The van der Waals surface area contributed by atoms with Crippen molar-refractivity contribution in [3.05, 3.63) is 28.8 Å². The second kappa shape index (κ2) is 5.71. The number of nitrogens with two attached hydrogens (primary N) is 2. The van der Waals surface area contributed by atoms with E-state index in [1.807, 2.05) is 6.92 Å². The second-order valence-electron chi connectivity index (χ2n) is 5.19. The largest absolute Gasteiger partial charge is 0.398 e. The van der Waals surface area contributed by atoms with Gasteiger partial charge in [-0.2, -0.15) is 0 Å². The molecule has 0 spiro atoms. The molecule has 1 heterocycles. The Labute approximate surface area is 122 Å². The molecular formula is C14H18ClN3O2. The van der Waals surface area contributed by atoms with E-state index in [0.717, 1.165) is 6.42 Å². The summed E-state index contributed by atoms with van der Waals surface area (Å²) < 4.78 is 0. The minimum atomic E-state index is -0.367. The van der Waals surface area contributed by atoms with Crippen molar-refractivity contribution >= 4 is 29.1 Å². The van der Waals surface area contributed by atoms with E-state index in [9.17, 15) is 9.59 Å². The molecule has 108 valence electrons. The molecule has 6 heteroatoms. The van der Waals surface area contributed by atoms with E-state index in [-0.39, 0.29) is 28.8 Å². The third kappa shape index (κ3) is 2.72. The first kappa shape index (κ1) is 14.7. The molecule has 2 atom stereocenters. The standard InChI is InChI=1S/C14H18ClN3O2/c1-8-5-6-9(13(17)19)7-18(8)14(20)10-3-2-4-11(16)12(10)15/h2-4,8-9H,5-7,16H2,1H3,(H2,17,19). The van der Waals surface area contributed by atoms with Gasteiger partial charge >= 0.3 is 0 Å². The third-order valence-corrected chi connectivity index (χ3v) is 4.23. The molecule has 1 aromatic rings. The number of hydrogen-bond acceptors (Lipinski definition) is 3. The fourth-order valence-corrected chi connectivity index (χ4v) is 2.70. The van der Waals surface area contributed by atoms with Gasteiger partial charge in [-0.25, -0.2) is 0 Å². The van der Waals surface area contributed by atoms with Crippen molar-refractivity contribution in [1.82, 2.24) is 4.90 Å². The van der Waals surface area contributed by atoms with Crippen LogP contribution in [0.3, 0.4) is 0 Å². The number of halogens is 1. The number of likely N-dealkylation sites (tertiary alicyclic amines) is 1. The summed E-state index contributed by atoms with van der Waals surface area (Å²) in [6.07, 6.45) is 1.46. The summed E-state index contributed by atoms with van der Waals surface area (Å²) in [5, 5.41) is 0.255. The van der Waals surface area contributed by atoms with Crippen LogP contribution in [0.4, 0.5) is 5.69 Å². The maximum atomic E-state index is 12.6. The Morgan fingerprint density at radius 2 is 2.05 bits per heavy atom. The number of amides is 2. The molecule has 0 radical (unpaired) electrons. The SMILES string of the molecule is CC1CCC(C(N)=O)CN1C(=O)c1cccc(N)c1Cl. The highest BCUT2D eigenvalue weighted by atomic mass is 35.5. The number of carbonyl (C=O) groups excluding carboxylic acids is 2. The molecule has 1 aliphatic rings. The molecule has 1 fully saturated rings. The van der Waals surface area contributed by atoms with Crippen LogP contribution in [0.1, 0.15) is 30.1 Å². The topological polar surface area (TPSA) is 89.4 Å². The number of carbonyl (C=O) groups is 2. The van der Waals surface area contributed by atoms with Gasteiger partial charge in [-0.05, 0) is 31.9 Å².